The molecule has 0 radical (unpaired) electrons. The number of nitrogens with one attached hydrogen (secondary N) is 1. The van der Waals surface area contributed by atoms with E-state index in [1.54, 1.807) is 0 Å². The summed E-state index contributed by atoms with van der Waals surface area (Å²) in [6.07, 6.45) is 14.1. The van der Waals surface area contributed by atoms with Gasteiger partial charge in [0, 0.05) is 29.5 Å². The van der Waals surface area contributed by atoms with Crippen molar-refractivity contribution in [1.29, 1.82) is 0 Å². The van der Waals surface area contributed by atoms with Crippen LogP contribution in [0.25, 0.3) is 11.0 Å². The number of benzene rings is 2. The van der Waals surface area contributed by atoms with Gasteiger partial charge in [0.2, 0.25) is 0 Å². The van der Waals surface area contributed by atoms with Crippen molar-refractivity contribution < 1.29 is 4.79 Å². The van der Waals surface area contributed by atoms with Crippen LogP contribution in [0.2, 0.25) is 0 Å². The zero-order valence-corrected chi connectivity index (χ0v) is 21.6. The molecule has 0 bridgehead atoms. The van der Waals surface area contributed by atoms with Gasteiger partial charge in [0.15, 0.2) is 0 Å². The third kappa shape index (κ3) is 8.29. The molecule has 3 aromatic rings. The van der Waals surface area contributed by atoms with Crippen molar-refractivity contribution in [2.45, 2.75) is 84.1 Å². The number of halogens is 1. The topological polar surface area (TPSA) is 46.9 Å². The van der Waals surface area contributed by atoms with Crippen LogP contribution in [0.3, 0.4) is 0 Å². The fourth-order valence-electron chi connectivity index (χ4n) is 4.31. The van der Waals surface area contributed by atoms with Gasteiger partial charge in [-0.1, -0.05) is 92.8 Å². The number of para-hydroxylation sites is 2. The van der Waals surface area contributed by atoms with Crippen LogP contribution < -0.4 is 5.32 Å². The molecule has 3 rings (SSSR count). The van der Waals surface area contributed by atoms with E-state index in [2.05, 4.69) is 50.9 Å². The maximum absolute atomic E-state index is 12.4. The summed E-state index contributed by atoms with van der Waals surface area (Å²) in [5, 5.41) is 3.04. The summed E-state index contributed by atoms with van der Waals surface area (Å²) >= 11 is 3.41. The highest BCUT2D eigenvalue weighted by atomic mass is 79.9. The van der Waals surface area contributed by atoms with Crippen LogP contribution in [0.1, 0.15) is 87.3 Å². The highest BCUT2D eigenvalue weighted by molar-refractivity contribution is 9.10. The van der Waals surface area contributed by atoms with Crippen LogP contribution >= 0.6 is 15.9 Å². The number of aryl methyl sites for hydroxylation is 1. The number of amides is 1. The summed E-state index contributed by atoms with van der Waals surface area (Å²) in [6, 6.07) is 15.8. The van der Waals surface area contributed by atoms with Crippen LogP contribution in [-0.2, 0) is 13.0 Å². The second kappa shape index (κ2) is 14.2. The molecule has 2 aromatic carbocycles. The maximum Gasteiger partial charge on any atom is 0.251 e. The fraction of sp³-hybridized carbons (Fsp3) is 0.500. The Kier molecular flexibility index (Phi) is 11.0. The van der Waals surface area contributed by atoms with Gasteiger partial charge in [0.25, 0.3) is 5.91 Å². The molecule has 0 atom stereocenters. The molecule has 4 nitrogen and oxygen atoms in total. The summed E-state index contributed by atoms with van der Waals surface area (Å²) in [4.78, 5) is 17.3. The lowest BCUT2D eigenvalue weighted by atomic mass is 10.1. The maximum atomic E-state index is 12.4. The predicted octanol–water partition coefficient (Wildman–Crippen LogP) is 7.69. The first-order valence-corrected chi connectivity index (χ1v) is 13.5. The number of carbonyl (C=O) groups excluding carboxylic acids is 1. The number of carbonyl (C=O) groups is 1. The van der Waals surface area contributed by atoms with Crippen LogP contribution in [0, 0.1) is 0 Å². The minimum Gasteiger partial charge on any atom is -0.352 e. The smallest absolute Gasteiger partial charge is 0.251 e. The molecule has 1 amide bonds. The molecule has 0 fully saturated rings. The van der Waals surface area contributed by atoms with Crippen molar-refractivity contribution in [3.63, 3.8) is 0 Å². The minimum absolute atomic E-state index is 0.0418. The SMILES string of the molecule is CCCCCCCCCCCCn1c(CCNC(=O)c2ccc(Br)cc2)nc2ccccc21. The van der Waals surface area contributed by atoms with Crippen LogP contribution in [0.15, 0.2) is 53.0 Å². The zero-order chi connectivity index (χ0) is 23.3. The van der Waals surface area contributed by atoms with Gasteiger partial charge in [-0.2, -0.15) is 0 Å². The first-order chi connectivity index (χ1) is 16.2. The Hall–Kier alpha value is -2.14. The standard InChI is InChI=1S/C28H38BrN3O/c1-2-3-4-5-6-7-8-9-10-13-22-32-26-15-12-11-14-25(26)31-27(32)20-21-30-28(33)23-16-18-24(29)19-17-23/h11-12,14-19H,2-10,13,20-22H2,1H3,(H,30,33). The summed E-state index contributed by atoms with van der Waals surface area (Å²) in [5.74, 6) is 1.02. The Morgan fingerprint density at radius 1 is 0.879 bits per heavy atom. The van der Waals surface area contributed by atoms with E-state index in [1.807, 2.05) is 30.3 Å². The summed E-state index contributed by atoms with van der Waals surface area (Å²) in [6.45, 7) is 3.85. The van der Waals surface area contributed by atoms with Crippen molar-refractivity contribution in [3.05, 3.63) is 64.4 Å². The fourth-order valence-corrected chi connectivity index (χ4v) is 4.58. The predicted molar refractivity (Wildman–Crippen MR) is 142 cm³/mol. The largest absolute Gasteiger partial charge is 0.352 e. The van der Waals surface area contributed by atoms with Gasteiger partial charge in [0.05, 0.1) is 11.0 Å². The molecular formula is C28H38BrN3O. The molecule has 0 aliphatic rings. The van der Waals surface area contributed by atoms with E-state index in [1.165, 1.54) is 69.7 Å². The van der Waals surface area contributed by atoms with Crippen LogP contribution in [0.4, 0.5) is 0 Å². The van der Waals surface area contributed by atoms with E-state index < -0.39 is 0 Å². The number of aromatic nitrogens is 2. The lowest BCUT2D eigenvalue weighted by Crippen LogP contribution is -2.26. The Bertz CT molecular complexity index is 980. The van der Waals surface area contributed by atoms with Gasteiger partial charge < -0.3 is 9.88 Å². The molecule has 0 saturated heterocycles. The second-order valence-corrected chi connectivity index (χ2v) is 9.78. The Labute approximate surface area is 207 Å². The Morgan fingerprint density at radius 2 is 1.52 bits per heavy atom. The first-order valence-electron chi connectivity index (χ1n) is 12.7. The number of imidazole rings is 1. The molecule has 33 heavy (non-hydrogen) atoms. The molecule has 178 valence electrons. The van der Waals surface area contributed by atoms with Crippen LogP contribution in [0.5, 0.6) is 0 Å². The van der Waals surface area contributed by atoms with E-state index in [-0.39, 0.29) is 5.91 Å². The molecule has 5 heteroatoms. The second-order valence-electron chi connectivity index (χ2n) is 8.86. The number of nitrogens with zero attached hydrogens (tertiary/aromatic N) is 2. The molecule has 0 aliphatic carbocycles. The number of fused-ring (bicyclic) bond motifs is 1. The van der Waals surface area contributed by atoms with Gasteiger partial charge in [-0.15, -0.1) is 0 Å². The molecule has 0 unspecified atom stereocenters. The summed E-state index contributed by atoms with van der Waals surface area (Å²) in [5.41, 5.74) is 2.92. The van der Waals surface area contributed by atoms with E-state index in [0.29, 0.717) is 12.1 Å². The minimum atomic E-state index is -0.0418. The molecule has 1 N–H and O–H groups in total. The van der Waals surface area contributed by atoms with Crippen LogP contribution in [-0.4, -0.2) is 22.0 Å². The average Bonchev–Trinajstić information content (AvgIpc) is 3.18. The molecular weight excluding hydrogens is 474 g/mol. The Balaban J connectivity index is 1.46. The lowest BCUT2D eigenvalue weighted by Gasteiger charge is -2.10. The summed E-state index contributed by atoms with van der Waals surface area (Å²) in [7, 11) is 0. The quantitative estimate of drug-likeness (QED) is 0.212. The zero-order valence-electron chi connectivity index (χ0n) is 20.0. The van der Waals surface area contributed by atoms with Crippen molar-refractivity contribution in [3.8, 4) is 0 Å². The molecule has 1 aromatic heterocycles. The number of unbranched alkanes of at least 4 members (excludes halogenated alkanes) is 9. The number of hydrogen-bond acceptors (Lipinski definition) is 2. The van der Waals surface area contributed by atoms with Crippen molar-refractivity contribution in [2.24, 2.45) is 0 Å². The third-order valence-corrected chi connectivity index (χ3v) is 6.74. The number of rotatable bonds is 15. The van der Waals surface area contributed by atoms with E-state index in [0.717, 1.165) is 28.8 Å². The molecule has 0 aliphatic heterocycles. The highest BCUT2D eigenvalue weighted by Gasteiger charge is 2.11. The number of hydrogen-bond donors (Lipinski definition) is 1. The van der Waals surface area contributed by atoms with Gasteiger partial charge in [-0.25, -0.2) is 4.98 Å². The lowest BCUT2D eigenvalue weighted by molar-refractivity contribution is 0.0954. The van der Waals surface area contributed by atoms with E-state index in [9.17, 15) is 4.79 Å². The van der Waals surface area contributed by atoms with Gasteiger partial charge in [0.1, 0.15) is 5.82 Å². The Morgan fingerprint density at radius 3 is 2.21 bits per heavy atom. The van der Waals surface area contributed by atoms with Crippen molar-refractivity contribution >= 4 is 32.9 Å². The summed E-state index contributed by atoms with van der Waals surface area (Å²) < 4.78 is 3.33. The molecule has 0 saturated carbocycles. The molecule has 1 heterocycles. The monoisotopic (exact) mass is 511 g/mol. The molecule has 0 spiro atoms. The third-order valence-electron chi connectivity index (χ3n) is 6.21. The first kappa shape index (κ1) is 25.5. The normalized spacial score (nSPS) is 11.2. The van der Waals surface area contributed by atoms with Crippen molar-refractivity contribution in [2.75, 3.05) is 6.54 Å². The van der Waals surface area contributed by atoms with E-state index in [4.69, 9.17) is 4.98 Å². The average molecular weight is 513 g/mol. The highest BCUT2D eigenvalue weighted by Crippen LogP contribution is 2.18. The van der Waals surface area contributed by atoms with Gasteiger partial charge >= 0.3 is 0 Å². The van der Waals surface area contributed by atoms with E-state index >= 15 is 0 Å². The van der Waals surface area contributed by atoms with Gasteiger partial charge in [-0.3, -0.25) is 4.79 Å². The van der Waals surface area contributed by atoms with Crippen molar-refractivity contribution in [1.82, 2.24) is 14.9 Å². The van der Waals surface area contributed by atoms with Gasteiger partial charge in [-0.05, 0) is 42.8 Å².